The number of hydrogen-bond donors (Lipinski definition) is 2. The number of unbranched alkanes of at least 4 members (excludes halogenated alkanes) is 1. The second-order valence-electron chi connectivity index (χ2n) is 5.09. The summed E-state index contributed by atoms with van der Waals surface area (Å²) in [6, 6.07) is 0. The number of nitrogens with zero attached hydrogens (tertiary/aromatic N) is 1. The maximum atomic E-state index is 12.0. The van der Waals surface area contributed by atoms with Crippen LogP contribution in [0.5, 0.6) is 0 Å². The Kier molecular flexibility index (Phi) is 6.74. The normalized spacial score (nSPS) is 18.4. The third kappa shape index (κ3) is 5.88. The zero-order valence-electron chi connectivity index (χ0n) is 11.6. The molecule has 0 unspecified atom stereocenters. The van der Waals surface area contributed by atoms with Crippen LogP contribution in [-0.4, -0.2) is 50.6 Å². The van der Waals surface area contributed by atoms with Crippen molar-refractivity contribution < 1.29 is 13.2 Å². The molecule has 0 aliphatic carbocycles. The molecule has 1 fully saturated rings. The van der Waals surface area contributed by atoms with E-state index in [0.29, 0.717) is 38.5 Å². The van der Waals surface area contributed by atoms with Crippen LogP contribution in [0.15, 0.2) is 0 Å². The lowest BCUT2D eigenvalue weighted by Gasteiger charge is -2.31. The maximum Gasteiger partial charge on any atom is 0.216 e. The van der Waals surface area contributed by atoms with Gasteiger partial charge in [0.25, 0.3) is 0 Å². The number of rotatable bonds is 7. The van der Waals surface area contributed by atoms with Gasteiger partial charge in [0.15, 0.2) is 0 Å². The van der Waals surface area contributed by atoms with Crippen LogP contribution in [0.2, 0.25) is 0 Å². The number of hydrogen-bond acceptors (Lipinski definition) is 4. The van der Waals surface area contributed by atoms with Crippen molar-refractivity contribution >= 4 is 15.9 Å². The summed E-state index contributed by atoms with van der Waals surface area (Å²) in [7, 11) is -3.12. The third-order valence-electron chi connectivity index (χ3n) is 3.46. The molecule has 19 heavy (non-hydrogen) atoms. The minimum atomic E-state index is -3.12. The molecular formula is C12H25N3O3S. The Balaban J connectivity index is 2.34. The fourth-order valence-electron chi connectivity index (χ4n) is 2.24. The van der Waals surface area contributed by atoms with Gasteiger partial charge in [0, 0.05) is 26.6 Å². The highest BCUT2D eigenvalue weighted by Crippen LogP contribution is 2.19. The van der Waals surface area contributed by atoms with Crippen LogP contribution in [0.25, 0.3) is 0 Å². The zero-order chi connectivity index (χ0) is 14.3. The van der Waals surface area contributed by atoms with E-state index >= 15 is 0 Å². The summed E-state index contributed by atoms with van der Waals surface area (Å²) in [6.07, 6.45) is 3.01. The first-order valence-corrected chi connectivity index (χ1v) is 8.49. The van der Waals surface area contributed by atoms with Crippen molar-refractivity contribution in [3.05, 3.63) is 0 Å². The standard InChI is InChI=1S/C12H25N3O3S/c1-11(16)14-10-12-4-7-15(8-5-12)19(17,18)9-3-2-6-13/h12H,2-10,13H2,1H3,(H,14,16). The highest BCUT2D eigenvalue weighted by Gasteiger charge is 2.27. The second-order valence-corrected chi connectivity index (χ2v) is 7.18. The minimum Gasteiger partial charge on any atom is -0.356 e. The van der Waals surface area contributed by atoms with E-state index in [1.165, 1.54) is 6.92 Å². The summed E-state index contributed by atoms with van der Waals surface area (Å²) in [4.78, 5) is 10.8. The molecule has 1 aliphatic rings. The molecule has 112 valence electrons. The molecule has 3 N–H and O–H groups in total. The van der Waals surface area contributed by atoms with Gasteiger partial charge >= 0.3 is 0 Å². The Labute approximate surface area is 115 Å². The highest BCUT2D eigenvalue weighted by molar-refractivity contribution is 7.89. The minimum absolute atomic E-state index is 0.0307. The van der Waals surface area contributed by atoms with Crippen LogP contribution < -0.4 is 11.1 Å². The van der Waals surface area contributed by atoms with E-state index in [9.17, 15) is 13.2 Å². The molecule has 7 heteroatoms. The molecule has 0 spiro atoms. The predicted octanol–water partition coefficient (Wildman–Crippen LogP) is -0.0968. The second kappa shape index (κ2) is 7.81. The molecular weight excluding hydrogens is 266 g/mol. The number of sulfonamides is 1. The van der Waals surface area contributed by atoms with E-state index in [0.717, 1.165) is 19.3 Å². The zero-order valence-corrected chi connectivity index (χ0v) is 12.4. The van der Waals surface area contributed by atoms with Gasteiger partial charge in [-0.1, -0.05) is 0 Å². The number of amides is 1. The van der Waals surface area contributed by atoms with E-state index in [1.54, 1.807) is 4.31 Å². The highest BCUT2D eigenvalue weighted by atomic mass is 32.2. The van der Waals surface area contributed by atoms with Gasteiger partial charge in [-0.3, -0.25) is 4.79 Å². The van der Waals surface area contributed by atoms with Gasteiger partial charge in [0.1, 0.15) is 0 Å². The molecule has 0 atom stereocenters. The monoisotopic (exact) mass is 291 g/mol. The number of piperidine rings is 1. The smallest absolute Gasteiger partial charge is 0.216 e. The summed E-state index contributed by atoms with van der Waals surface area (Å²) in [6.45, 7) is 3.81. The number of carbonyl (C=O) groups is 1. The van der Waals surface area contributed by atoms with Crippen LogP contribution in [-0.2, 0) is 14.8 Å². The Hall–Kier alpha value is -0.660. The summed E-state index contributed by atoms with van der Waals surface area (Å²) >= 11 is 0. The van der Waals surface area contributed by atoms with E-state index in [1.807, 2.05) is 0 Å². The molecule has 0 aromatic heterocycles. The Bertz CT molecular complexity index is 376. The van der Waals surface area contributed by atoms with Crippen molar-refractivity contribution in [1.82, 2.24) is 9.62 Å². The van der Waals surface area contributed by atoms with Crippen molar-refractivity contribution in [2.75, 3.05) is 31.9 Å². The molecule has 6 nitrogen and oxygen atoms in total. The predicted molar refractivity (Wildman–Crippen MR) is 75.1 cm³/mol. The molecule has 0 aromatic carbocycles. The van der Waals surface area contributed by atoms with Crippen LogP contribution in [0, 0.1) is 5.92 Å². The quantitative estimate of drug-likeness (QED) is 0.641. The lowest BCUT2D eigenvalue weighted by molar-refractivity contribution is -0.119. The van der Waals surface area contributed by atoms with Gasteiger partial charge in [0.05, 0.1) is 5.75 Å². The maximum absolute atomic E-state index is 12.0. The Morgan fingerprint density at radius 3 is 2.47 bits per heavy atom. The van der Waals surface area contributed by atoms with E-state index in [-0.39, 0.29) is 11.7 Å². The molecule has 1 saturated heterocycles. The summed E-state index contributed by atoms with van der Waals surface area (Å²) in [5.41, 5.74) is 5.37. The summed E-state index contributed by atoms with van der Waals surface area (Å²) in [5.74, 6) is 0.553. The number of nitrogens with one attached hydrogen (secondary N) is 1. The molecule has 1 heterocycles. The summed E-state index contributed by atoms with van der Waals surface area (Å²) < 4.78 is 25.7. The van der Waals surface area contributed by atoms with E-state index < -0.39 is 10.0 Å². The van der Waals surface area contributed by atoms with Gasteiger partial charge in [-0.25, -0.2) is 12.7 Å². The molecule has 1 rings (SSSR count). The Morgan fingerprint density at radius 2 is 1.95 bits per heavy atom. The molecule has 0 saturated carbocycles. The fraction of sp³-hybridized carbons (Fsp3) is 0.917. The lowest BCUT2D eigenvalue weighted by Crippen LogP contribution is -2.42. The third-order valence-corrected chi connectivity index (χ3v) is 5.42. The SMILES string of the molecule is CC(=O)NCC1CCN(S(=O)(=O)CCCCN)CC1. The van der Waals surface area contributed by atoms with Crippen molar-refractivity contribution in [2.45, 2.75) is 32.6 Å². The van der Waals surface area contributed by atoms with Crippen molar-refractivity contribution in [3.63, 3.8) is 0 Å². The molecule has 0 aromatic rings. The Morgan fingerprint density at radius 1 is 1.32 bits per heavy atom. The number of nitrogens with two attached hydrogens (primary N) is 1. The van der Waals surface area contributed by atoms with E-state index in [2.05, 4.69) is 5.32 Å². The topological polar surface area (TPSA) is 92.5 Å². The molecule has 0 radical (unpaired) electrons. The van der Waals surface area contributed by atoms with Gasteiger partial charge in [0.2, 0.25) is 15.9 Å². The van der Waals surface area contributed by atoms with Gasteiger partial charge in [-0.05, 0) is 38.1 Å². The average Bonchev–Trinajstić information content (AvgIpc) is 2.37. The lowest BCUT2D eigenvalue weighted by atomic mass is 9.98. The van der Waals surface area contributed by atoms with Crippen LogP contribution >= 0.6 is 0 Å². The van der Waals surface area contributed by atoms with Crippen LogP contribution in [0.3, 0.4) is 0 Å². The first-order chi connectivity index (χ1) is 8.95. The van der Waals surface area contributed by atoms with Crippen molar-refractivity contribution in [2.24, 2.45) is 11.7 Å². The molecule has 1 amide bonds. The van der Waals surface area contributed by atoms with Crippen LogP contribution in [0.1, 0.15) is 32.6 Å². The largest absolute Gasteiger partial charge is 0.356 e. The van der Waals surface area contributed by atoms with Gasteiger partial charge in [-0.2, -0.15) is 0 Å². The molecule has 0 bridgehead atoms. The van der Waals surface area contributed by atoms with Crippen molar-refractivity contribution in [1.29, 1.82) is 0 Å². The van der Waals surface area contributed by atoms with Gasteiger partial charge in [-0.15, -0.1) is 0 Å². The number of carbonyl (C=O) groups excluding carboxylic acids is 1. The van der Waals surface area contributed by atoms with Crippen LogP contribution in [0.4, 0.5) is 0 Å². The first-order valence-electron chi connectivity index (χ1n) is 6.88. The molecule has 1 aliphatic heterocycles. The van der Waals surface area contributed by atoms with Crippen molar-refractivity contribution in [3.8, 4) is 0 Å². The fourth-order valence-corrected chi connectivity index (χ4v) is 3.83. The first kappa shape index (κ1) is 16.4. The van der Waals surface area contributed by atoms with E-state index in [4.69, 9.17) is 5.73 Å². The average molecular weight is 291 g/mol. The summed E-state index contributed by atoms with van der Waals surface area (Å²) in [5, 5.41) is 2.79. The van der Waals surface area contributed by atoms with Gasteiger partial charge < -0.3 is 11.1 Å².